The van der Waals surface area contributed by atoms with E-state index in [4.69, 9.17) is 4.74 Å². The monoisotopic (exact) mass is 287 g/mol. The summed E-state index contributed by atoms with van der Waals surface area (Å²) in [6.45, 7) is 0.549. The Hall–Kier alpha value is -1.88. The fourth-order valence-electron chi connectivity index (χ4n) is 2.02. The first-order chi connectivity index (χ1) is 10.3. The summed E-state index contributed by atoms with van der Waals surface area (Å²) in [4.78, 5) is 0. The third-order valence-corrected chi connectivity index (χ3v) is 3.17. The molecular weight excluding hydrogens is 266 g/mol. The van der Waals surface area contributed by atoms with E-state index in [0.717, 1.165) is 11.3 Å². The summed E-state index contributed by atoms with van der Waals surface area (Å²) in [5, 5.41) is 22.5. The van der Waals surface area contributed by atoms with E-state index in [1.165, 1.54) is 0 Å². The van der Waals surface area contributed by atoms with E-state index >= 15 is 0 Å². The Morgan fingerprint density at radius 2 is 1.57 bits per heavy atom. The molecule has 0 saturated heterocycles. The minimum atomic E-state index is -0.636. The second-order valence-electron chi connectivity index (χ2n) is 4.83. The van der Waals surface area contributed by atoms with Crippen molar-refractivity contribution in [1.82, 2.24) is 5.32 Å². The van der Waals surface area contributed by atoms with Gasteiger partial charge in [-0.05, 0) is 17.7 Å². The molecule has 0 aromatic heterocycles. The van der Waals surface area contributed by atoms with E-state index in [1.807, 2.05) is 60.7 Å². The van der Waals surface area contributed by atoms with Crippen molar-refractivity contribution in [3.05, 3.63) is 66.2 Å². The molecule has 0 saturated carbocycles. The topological polar surface area (TPSA) is 61.7 Å². The minimum absolute atomic E-state index is 0.0176. The molecule has 4 heteroatoms. The van der Waals surface area contributed by atoms with Gasteiger partial charge in [-0.25, -0.2) is 0 Å². The largest absolute Gasteiger partial charge is 0.491 e. The minimum Gasteiger partial charge on any atom is -0.491 e. The van der Waals surface area contributed by atoms with E-state index in [1.54, 1.807) is 0 Å². The highest BCUT2D eigenvalue weighted by Gasteiger charge is 2.12. The molecule has 3 N–H and O–H groups in total. The fourth-order valence-corrected chi connectivity index (χ4v) is 2.02. The number of rotatable bonds is 8. The molecule has 0 spiro atoms. The smallest absolute Gasteiger partial charge is 0.119 e. The molecule has 0 bridgehead atoms. The van der Waals surface area contributed by atoms with Gasteiger partial charge in [-0.15, -0.1) is 0 Å². The van der Waals surface area contributed by atoms with Crippen LogP contribution >= 0.6 is 0 Å². The van der Waals surface area contributed by atoms with Gasteiger partial charge in [0.15, 0.2) is 0 Å². The lowest BCUT2D eigenvalue weighted by Crippen LogP contribution is -2.35. The average molecular weight is 287 g/mol. The summed E-state index contributed by atoms with van der Waals surface area (Å²) >= 11 is 0. The number of aliphatic hydroxyl groups excluding tert-OH is 2. The van der Waals surface area contributed by atoms with Crippen LogP contribution in [0.2, 0.25) is 0 Å². The lowest BCUT2D eigenvalue weighted by Gasteiger charge is -2.19. The molecule has 2 unspecified atom stereocenters. The van der Waals surface area contributed by atoms with Crippen molar-refractivity contribution in [2.24, 2.45) is 0 Å². The maximum atomic E-state index is 9.93. The molecule has 0 heterocycles. The first kappa shape index (κ1) is 15.5. The van der Waals surface area contributed by atoms with Gasteiger partial charge in [-0.1, -0.05) is 48.5 Å². The van der Waals surface area contributed by atoms with Crippen LogP contribution in [-0.2, 0) is 0 Å². The zero-order valence-electron chi connectivity index (χ0n) is 11.9. The van der Waals surface area contributed by atoms with Crippen LogP contribution in [0.1, 0.15) is 11.6 Å². The van der Waals surface area contributed by atoms with Gasteiger partial charge in [0.2, 0.25) is 0 Å². The van der Waals surface area contributed by atoms with Crippen LogP contribution in [0, 0.1) is 0 Å². The summed E-state index contributed by atoms with van der Waals surface area (Å²) in [6, 6.07) is 18.9. The number of nitrogens with one attached hydrogen (secondary N) is 1. The lowest BCUT2D eigenvalue weighted by molar-refractivity contribution is 0.0998. The van der Waals surface area contributed by atoms with Crippen LogP contribution in [-0.4, -0.2) is 36.1 Å². The maximum Gasteiger partial charge on any atom is 0.119 e. The normalized spacial score (nSPS) is 13.6. The van der Waals surface area contributed by atoms with Gasteiger partial charge in [0.05, 0.1) is 12.6 Å². The third-order valence-electron chi connectivity index (χ3n) is 3.17. The molecule has 2 aromatic rings. The Labute approximate surface area is 125 Å². The molecule has 0 aliphatic heterocycles. The first-order valence-corrected chi connectivity index (χ1v) is 7.04. The van der Waals surface area contributed by atoms with Crippen LogP contribution in [0.15, 0.2) is 60.7 Å². The SMILES string of the molecule is OCC(NCC(O)COc1ccccc1)c1ccccc1. The van der Waals surface area contributed by atoms with E-state index < -0.39 is 6.10 Å². The van der Waals surface area contributed by atoms with Gasteiger partial charge in [0.1, 0.15) is 18.5 Å². The first-order valence-electron chi connectivity index (χ1n) is 7.04. The van der Waals surface area contributed by atoms with Crippen LogP contribution in [0.25, 0.3) is 0 Å². The summed E-state index contributed by atoms with van der Waals surface area (Å²) in [5.74, 6) is 0.735. The number of aliphatic hydroxyl groups is 2. The number of hydrogen-bond donors (Lipinski definition) is 3. The molecule has 21 heavy (non-hydrogen) atoms. The highest BCUT2D eigenvalue weighted by Crippen LogP contribution is 2.12. The Morgan fingerprint density at radius 3 is 2.19 bits per heavy atom. The van der Waals surface area contributed by atoms with Gasteiger partial charge in [-0.3, -0.25) is 0 Å². The Bertz CT molecular complexity index is 504. The van der Waals surface area contributed by atoms with Crippen LogP contribution in [0.3, 0.4) is 0 Å². The highest BCUT2D eigenvalue weighted by atomic mass is 16.5. The predicted octanol–water partition coefficient (Wildman–Crippen LogP) is 1.75. The molecule has 4 nitrogen and oxygen atoms in total. The van der Waals surface area contributed by atoms with Crippen molar-refractivity contribution in [3.63, 3.8) is 0 Å². The van der Waals surface area contributed by atoms with E-state index in [2.05, 4.69) is 5.32 Å². The van der Waals surface area contributed by atoms with Gasteiger partial charge in [0.25, 0.3) is 0 Å². The number of hydrogen-bond acceptors (Lipinski definition) is 4. The Kier molecular flexibility index (Phi) is 6.22. The molecule has 2 aromatic carbocycles. The fraction of sp³-hybridized carbons (Fsp3) is 0.294. The molecule has 2 rings (SSSR count). The van der Waals surface area contributed by atoms with Crippen molar-refractivity contribution < 1.29 is 14.9 Å². The van der Waals surface area contributed by atoms with Crippen LogP contribution < -0.4 is 10.1 Å². The van der Waals surface area contributed by atoms with E-state index in [9.17, 15) is 10.2 Å². The second kappa shape index (κ2) is 8.42. The van der Waals surface area contributed by atoms with E-state index in [-0.39, 0.29) is 19.3 Å². The van der Waals surface area contributed by atoms with E-state index in [0.29, 0.717) is 6.54 Å². The second-order valence-corrected chi connectivity index (χ2v) is 4.83. The molecule has 0 aliphatic carbocycles. The molecule has 0 aliphatic rings. The molecule has 0 fully saturated rings. The Morgan fingerprint density at radius 1 is 0.952 bits per heavy atom. The van der Waals surface area contributed by atoms with Crippen molar-refractivity contribution in [3.8, 4) is 5.75 Å². The van der Waals surface area contributed by atoms with Crippen LogP contribution in [0.4, 0.5) is 0 Å². The Balaban J connectivity index is 1.76. The molecule has 112 valence electrons. The number of ether oxygens (including phenoxy) is 1. The van der Waals surface area contributed by atoms with Crippen molar-refractivity contribution >= 4 is 0 Å². The van der Waals surface area contributed by atoms with Crippen molar-refractivity contribution in [2.45, 2.75) is 12.1 Å². The lowest BCUT2D eigenvalue weighted by atomic mass is 10.1. The van der Waals surface area contributed by atoms with Gasteiger partial charge in [-0.2, -0.15) is 0 Å². The highest BCUT2D eigenvalue weighted by molar-refractivity contribution is 5.21. The van der Waals surface area contributed by atoms with Crippen molar-refractivity contribution in [2.75, 3.05) is 19.8 Å². The van der Waals surface area contributed by atoms with Gasteiger partial charge < -0.3 is 20.3 Å². The summed E-state index contributed by atoms with van der Waals surface area (Å²) in [7, 11) is 0. The van der Waals surface area contributed by atoms with Gasteiger partial charge in [0, 0.05) is 6.54 Å². The molecule has 0 radical (unpaired) electrons. The number of benzene rings is 2. The quantitative estimate of drug-likeness (QED) is 0.692. The molecular formula is C17H21NO3. The predicted molar refractivity (Wildman–Crippen MR) is 82.2 cm³/mol. The number of para-hydroxylation sites is 1. The zero-order chi connectivity index (χ0) is 14.9. The zero-order valence-corrected chi connectivity index (χ0v) is 11.9. The van der Waals surface area contributed by atoms with Crippen molar-refractivity contribution in [1.29, 1.82) is 0 Å². The molecule has 0 amide bonds. The van der Waals surface area contributed by atoms with Gasteiger partial charge >= 0.3 is 0 Å². The summed E-state index contributed by atoms with van der Waals surface area (Å²) in [5.41, 5.74) is 0.996. The maximum absolute atomic E-state index is 9.93. The molecule has 2 atom stereocenters. The average Bonchev–Trinajstić information content (AvgIpc) is 2.55. The third kappa shape index (κ3) is 5.19. The standard InChI is InChI=1S/C17H21NO3/c19-12-17(14-7-3-1-4-8-14)18-11-15(20)13-21-16-9-5-2-6-10-16/h1-10,15,17-20H,11-13H2. The summed E-state index contributed by atoms with van der Waals surface area (Å²) < 4.78 is 5.49. The van der Waals surface area contributed by atoms with Crippen LogP contribution in [0.5, 0.6) is 5.75 Å². The summed E-state index contributed by atoms with van der Waals surface area (Å²) in [6.07, 6.45) is -0.636.